The number of carbonyl (C=O) groups excluding carboxylic acids is 1. The number of amides is 1. The molecule has 0 radical (unpaired) electrons. The highest BCUT2D eigenvalue weighted by Crippen LogP contribution is 2.20. The van der Waals surface area contributed by atoms with Gasteiger partial charge in [0.05, 0.1) is 17.2 Å². The van der Waals surface area contributed by atoms with E-state index in [4.69, 9.17) is 16.3 Å². The zero-order chi connectivity index (χ0) is 21.8. The molecule has 0 aliphatic heterocycles. The standard InChI is InChI=1S/C24H20ClN3O3/c1-16-5-4-7-20-23(16)26-15-28(24(20)30)13-22(29)27-18-9-11-19(12-10-18)31-14-17-6-2-3-8-21(17)25/h2-12,15H,13-14H2,1H3,(H,27,29). The molecule has 3 aromatic carbocycles. The molecule has 4 aromatic rings. The Morgan fingerprint density at radius 3 is 2.61 bits per heavy atom. The quantitative estimate of drug-likeness (QED) is 0.483. The van der Waals surface area contributed by atoms with Gasteiger partial charge in [-0.05, 0) is 48.9 Å². The van der Waals surface area contributed by atoms with Gasteiger partial charge in [0.25, 0.3) is 5.56 Å². The summed E-state index contributed by atoms with van der Waals surface area (Å²) in [7, 11) is 0. The number of para-hydroxylation sites is 1. The molecule has 7 heteroatoms. The van der Waals surface area contributed by atoms with Gasteiger partial charge in [0.15, 0.2) is 0 Å². The first-order chi connectivity index (χ1) is 15.0. The van der Waals surface area contributed by atoms with Crippen LogP contribution in [0.15, 0.2) is 77.9 Å². The van der Waals surface area contributed by atoms with Crippen molar-refractivity contribution < 1.29 is 9.53 Å². The number of ether oxygens (including phenoxy) is 1. The second kappa shape index (κ2) is 9.02. The van der Waals surface area contributed by atoms with Gasteiger partial charge in [-0.1, -0.05) is 41.9 Å². The number of nitrogens with one attached hydrogen (secondary N) is 1. The molecule has 0 atom stereocenters. The Labute approximate surface area is 184 Å². The molecule has 0 fully saturated rings. The van der Waals surface area contributed by atoms with Crippen LogP contribution in [0, 0.1) is 6.92 Å². The van der Waals surface area contributed by atoms with Crippen molar-refractivity contribution in [3.63, 3.8) is 0 Å². The highest BCUT2D eigenvalue weighted by Gasteiger charge is 2.10. The Balaban J connectivity index is 1.39. The van der Waals surface area contributed by atoms with Gasteiger partial charge in [-0.25, -0.2) is 4.98 Å². The fraction of sp³-hybridized carbons (Fsp3) is 0.125. The maximum absolute atomic E-state index is 12.6. The second-order valence-corrected chi connectivity index (χ2v) is 7.51. The predicted octanol–water partition coefficient (Wildman–Crippen LogP) is 4.58. The monoisotopic (exact) mass is 433 g/mol. The lowest BCUT2D eigenvalue weighted by Crippen LogP contribution is -2.28. The summed E-state index contributed by atoms with van der Waals surface area (Å²) in [6.07, 6.45) is 1.41. The number of hydrogen-bond donors (Lipinski definition) is 1. The number of rotatable bonds is 6. The van der Waals surface area contributed by atoms with Crippen molar-refractivity contribution in [3.8, 4) is 5.75 Å². The molecular formula is C24H20ClN3O3. The SMILES string of the molecule is Cc1cccc2c(=O)n(CC(=O)Nc3ccc(OCc4ccccc4Cl)cc3)cnc12. The minimum Gasteiger partial charge on any atom is -0.489 e. The molecule has 1 amide bonds. The molecule has 156 valence electrons. The molecule has 0 bridgehead atoms. The van der Waals surface area contributed by atoms with Gasteiger partial charge < -0.3 is 10.1 Å². The van der Waals surface area contributed by atoms with E-state index < -0.39 is 0 Å². The van der Waals surface area contributed by atoms with E-state index in [0.29, 0.717) is 34.0 Å². The topological polar surface area (TPSA) is 73.2 Å². The minimum atomic E-state index is -0.319. The molecule has 0 spiro atoms. The van der Waals surface area contributed by atoms with Crippen molar-refractivity contribution >= 4 is 34.1 Å². The first-order valence-electron chi connectivity index (χ1n) is 9.72. The molecule has 0 aliphatic rings. The highest BCUT2D eigenvalue weighted by molar-refractivity contribution is 6.31. The van der Waals surface area contributed by atoms with Crippen LogP contribution >= 0.6 is 11.6 Å². The molecule has 31 heavy (non-hydrogen) atoms. The highest BCUT2D eigenvalue weighted by atomic mass is 35.5. The summed E-state index contributed by atoms with van der Waals surface area (Å²) < 4.78 is 7.05. The Morgan fingerprint density at radius 2 is 1.84 bits per heavy atom. The maximum atomic E-state index is 12.6. The number of nitrogens with zero attached hydrogens (tertiary/aromatic N) is 2. The van der Waals surface area contributed by atoms with E-state index in [2.05, 4.69) is 10.3 Å². The summed E-state index contributed by atoms with van der Waals surface area (Å²) in [6.45, 7) is 2.12. The van der Waals surface area contributed by atoms with Gasteiger partial charge in [0.2, 0.25) is 5.91 Å². The predicted molar refractivity (Wildman–Crippen MR) is 122 cm³/mol. The first-order valence-corrected chi connectivity index (χ1v) is 10.1. The maximum Gasteiger partial charge on any atom is 0.261 e. The van der Waals surface area contributed by atoms with E-state index in [-0.39, 0.29) is 18.0 Å². The normalized spacial score (nSPS) is 10.8. The van der Waals surface area contributed by atoms with Crippen molar-refractivity contribution in [1.29, 1.82) is 0 Å². The minimum absolute atomic E-state index is 0.125. The first kappa shape index (κ1) is 20.6. The van der Waals surface area contributed by atoms with Crippen LogP contribution in [-0.4, -0.2) is 15.5 Å². The number of halogens is 1. The van der Waals surface area contributed by atoms with Crippen molar-refractivity contribution in [2.24, 2.45) is 0 Å². The van der Waals surface area contributed by atoms with Gasteiger partial charge >= 0.3 is 0 Å². The summed E-state index contributed by atoms with van der Waals surface area (Å²) in [5.41, 5.74) is 2.82. The summed E-state index contributed by atoms with van der Waals surface area (Å²) in [4.78, 5) is 29.4. The summed E-state index contributed by atoms with van der Waals surface area (Å²) in [6, 6.07) is 19.9. The number of hydrogen-bond acceptors (Lipinski definition) is 4. The Kier molecular flexibility index (Phi) is 6.00. The van der Waals surface area contributed by atoms with Gasteiger partial charge in [0, 0.05) is 16.3 Å². The summed E-state index contributed by atoms with van der Waals surface area (Å²) in [5.74, 6) is 0.337. The Bertz CT molecular complexity index is 1300. The van der Waals surface area contributed by atoms with Crippen LogP contribution in [0.5, 0.6) is 5.75 Å². The lowest BCUT2D eigenvalue weighted by Gasteiger charge is -2.10. The average molecular weight is 434 g/mol. The third kappa shape index (κ3) is 4.75. The summed E-state index contributed by atoms with van der Waals surface area (Å²) >= 11 is 6.13. The van der Waals surface area contributed by atoms with E-state index in [1.54, 1.807) is 36.4 Å². The van der Waals surface area contributed by atoms with Crippen LogP contribution in [0.3, 0.4) is 0 Å². The molecule has 0 aliphatic carbocycles. The molecule has 4 rings (SSSR count). The average Bonchev–Trinajstić information content (AvgIpc) is 2.77. The van der Waals surface area contributed by atoms with Crippen LogP contribution < -0.4 is 15.6 Å². The van der Waals surface area contributed by atoms with Crippen LogP contribution in [0.4, 0.5) is 5.69 Å². The fourth-order valence-electron chi connectivity index (χ4n) is 3.22. The van der Waals surface area contributed by atoms with Gasteiger partial charge in [0.1, 0.15) is 18.9 Å². The van der Waals surface area contributed by atoms with Crippen LogP contribution in [-0.2, 0) is 17.9 Å². The number of benzene rings is 3. The van der Waals surface area contributed by atoms with Gasteiger partial charge in [-0.15, -0.1) is 0 Å². The Hall–Kier alpha value is -3.64. The Morgan fingerprint density at radius 1 is 1.06 bits per heavy atom. The number of aryl methyl sites for hydroxylation is 1. The summed E-state index contributed by atoms with van der Waals surface area (Å²) in [5, 5.41) is 3.93. The van der Waals surface area contributed by atoms with E-state index in [0.717, 1.165) is 11.1 Å². The number of fused-ring (bicyclic) bond motifs is 1. The molecular weight excluding hydrogens is 414 g/mol. The zero-order valence-electron chi connectivity index (χ0n) is 16.8. The van der Waals surface area contributed by atoms with Crippen molar-refractivity contribution in [2.75, 3.05) is 5.32 Å². The van der Waals surface area contributed by atoms with Crippen molar-refractivity contribution in [1.82, 2.24) is 9.55 Å². The third-order valence-electron chi connectivity index (χ3n) is 4.86. The van der Waals surface area contributed by atoms with E-state index in [1.807, 2.05) is 37.3 Å². The smallest absolute Gasteiger partial charge is 0.261 e. The molecule has 0 saturated carbocycles. The van der Waals surface area contributed by atoms with Crippen molar-refractivity contribution in [3.05, 3.63) is 99.6 Å². The van der Waals surface area contributed by atoms with Gasteiger partial charge in [-0.3, -0.25) is 14.2 Å². The van der Waals surface area contributed by atoms with Crippen LogP contribution in [0.25, 0.3) is 10.9 Å². The molecule has 0 saturated heterocycles. The third-order valence-corrected chi connectivity index (χ3v) is 5.23. The van der Waals surface area contributed by atoms with E-state index in [9.17, 15) is 9.59 Å². The molecule has 0 unspecified atom stereocenters. The fourth-order valence-corrected chi connectivity index (χ4v) is 3.41. The zero-order valence-corrected chi connectivity index (χ0v) is 17.6. The van der Waals surface area contributed by atoms with Crippen LogP contribution in [0.1, 0.15) is 11.1 Å². The number of aromatic nitrogens is 2. The van der Waals surface area contributed by atoms with Gasteiger partial charge in [-0.2, -0.15) is 0 Å². The van der Waals surface area contributed by atoms with E-state index >= 15 is 0 Å². The molecule has 1 N–H and O–H groups in total. The lowest BCUT2D eigenvalue weighted by atomic mass is 10.1. The van der Waals surface area contributed by atoms with E-state index in [1.165, 1.54) is 10.9 Å². The number of anilines is 1. The molecule has 6 nitrogen and oxygen atoms in total. The molecule has 1 aromatic heterocycles. The largest absolute Gasteiger partial charge is 0.489 e. The van der Waals surface area contributed by atoms with Crippen LogP contribution in [0.2, 0.25) is 5.02 Å². The molecule has 1 heterocycles. The second-order valence-electron chi connectivity index (χ2n) is 7.10. The lowest BCUT2D eigenvalue weighted by molar-refractivity contribution is -0.116. The number of carbonyl (C=O) groups is 1. The van der Waals surface area contributed by atoms with Crippen molar-refractivity contribution in [2.45, 2.75) is 20.1 Å².